The normalized spacial score (nSPS) is 11.1. The fraction of sp³-hybridized carbons (Fsp3) is 0.273. The molecule has 3 aromatic rings. The number of benzene rings is 2. The highest BCUT2D eigenvalue weighted by atomic mass is 127. The number of aliphatic imine (C=N–C) groups is 1. The lowest BCUT2D eigenvalue weighted by atomic mass is 10.1. The van der Waals surface area contributed by atoms with Crippen molar-refractivity contribution >= 4 is 46.7 Å². The number of halogens is 2. The molecular formula is C22H27FIN5O. The Kier molecular flexibility index (Phi) is 9.10. The van der Waals surface area contributed by atoms with E-state index in [1.807, 2.05) is 24.4 Å². The van der Waals surface area contributed by atoms with E-state index in [0.717, 1.165) is 40.8 Å². The number of guanidine groups is 1. The standard InChI is InChI=1S/C22H26FN5O.HI/c1-24-21(29)16-5-3-4-15(12-16)8-10-26-22(25-2)27-11-9-17-14-28-20-13-18(23)6-7-19(17)20;/h3-7,12-14,28H,8-11H2,1-2H3,(H,24,29)(H2,25,26,27);1H. The zero-order valence-electron chi connectivity index (χ0n) is 17.1. The molecule has 0 aliphatic heterocycles. The molecule has 30 heavy (non-hydrogen) atoms. The molecule has 3 rings (SSSR count). The number of amides is 1. The summed E-state index contributed by atoms with van der Waals surface area (Å²) in [6.45, 7) is 1.40. The molecule has 0 bridgehead atoms. The number of carbonyl (C=O) groups is 1. The minimum absolute atomic E-state index is 0. The van der Waals surface area contributed by atoms with Gasteiger partial charge in [-0.25, -0.2) is 4.39 Å². The molecule has 1 amide bonds. The zero-order valence-corrected chi connectivity index (χ0v) is 19.4. The quantitative estimate of drug-likeness (QED) is 0.218. The number of hydrogen-bond acceptors (Lipinski definition) is 2. The van der Waals surface area contributed by atoms with Gasteiger partial charge in [-0.15, -0.1) is 24.0 Å². The van der Waals surface area contributed by atoms with Crippen LogP contribution in [0.5, 0.6) is 0 Å². The summed E-state index contributed by atoms with van der Waals surface area (Å²) in [5.41, 5.74) is 3.68. The third-order valence-corrected chi connectivity index (χ3v) is 4.76. The summed E-state index contributed by atoms with van der Waals surface area (Å²) in [6, 6.07) is 12.4. The van der Waals surface area contributed by atoms with Gasteiger partial charge in [0.15, 0.2) is 5.96 Å². The average Bonchev–Trinajstić information content (AvgIpc) is 3.14. The Labute approximate surface area is 192 Å². The summed E-state index contributed by atoms with van der Waals surface area (Å²) in [7, 11) is 3.36. The zero-order chi connectivity index (χ0) is 20.6. The molecule has 6 nitrogen and oxygen atoms in total. The molecule has 2 aromatic carbocycles. The Morgan fingerprint density at radius 3 is 2.60 bits per heavy atom. The molecule has 0 saturated heterocycles. The molecule has 0 aliphatic rings. The molecule has 1 heterocycles. The number of nitrogens with one attached hydrogen (secondary N) is 4. The lowest BCUT2D eigenvalue weighted by Crippen LogP contribution is -2.39. The highest BCUT2D eigenvalue weighted by Crippen LogP contribution is 2.19. The van der Waals surface area contributed by atoms with E-state index in [1.165, 1.54) is 12.1 Å². The van der Waals surface area contributed by atoms with Crippen molar-refractivity contribution < 1.29 is 9.18 Å². The van der Waals surface area contributed by atoms with Crippen molar-refractivity contribution in [2.75, 3.05) is 27.2 Å². The number of H-pyrrole nitrogens is 1. The van der Waals surface area contributed by atoms with Crippen LogP contribution in [0.25, 0.3) is 10.9 Å². The SMILES string of the molecule is CN=C(NCCc1cccc(C(=O)NC)c1)NCCc1c[nH]c2cc(F)ccc12.I. The Balaban J connectivity index is 0.00000320. The van der Waals surface area contributed by atoms with Crippen LogP contribution in [-0.4, -0.2) is 44.0 Å². The fourth-order valence-corrected chi connectivity index (χ4v) is 3.24. The number of carbonyl (C=O) groups excluding carboxylic acids is 1. The molecule has 4 N–H and O–H groups in total. The average molecular weight is 523 g/mol. The van der Waals surface area contributed by atoms with Crippen LogP contribution in [0, 0.1) is 5.82 Å². The Bertz CT molecular complexity index is 1020. The Morgan fingerprint density at radius 2 is 1.87 bits per heavy atom. The first-order valence-electron chi connectivity index (χ1n) is 9.61. The molecule has 1 aromatic heterocycles. The van der Waals surface area contributed by atoms with Crippen LogP contribution in [-0.2, 0) is 12.8 Å². The maximum atomic E-state index is 13.3. The van der Waals surface area contributed by atoms with Gasteiger partial charge in [-0.2, -0.15) is 0 Å². The second-order valence-electron chi connectivity index (χ2n) is 6.71. The number of aromatic amines is 1. The maximum Gasteiger partial charge on any atom is 0.251 e. The third-order valence-electron chi connectivity index (χ3n) is 4.76. The van der Waals surface area contributed by atoms with Crippen LogP contribution in [0.1, 0.15) is 21.5 Å². The van der Waals surface area contributed by atoms with Crippen molar-refractivity contribution in [2.24, 2.45) is 4.99 Å². The highest BCUT2D eigenvalue weighted by molar-refractivity contribution is 14.0. The molecule has 0 fully saturated rings. The van der Waals surface area contributed by atoms with Crippen molar-refractivity contribution in [3.05, 3.63) is 71.2 Å². The van der Waals surface area contributed by atoms with Crippen molar-refractivity contribution in [2.45, 2.75) is 12.8 Å². The predicted molar refractivity (Wildman–Crippen MR) is 130 cm³/mol. The lowest BCUT2D eigenvalue weighted by Gasteiger charge is -2.12. The van der Waals surface area contributed by atoms with E-state index in [-0.39, 0.29) is 35.7 Å². The summed E-state index contributed by atoms with van der Waals surface area (Å²) in [6.07, 6.45) is 3.49. The molecule has 8 heteroatoms. The molecule has 0 spiro atoms. The van der Waals surface area contributed by atoms with E-state index >= 15 is 0 Å². The van der Waals surface area contributed by atoms with E-state index in [0.29, 0.717) is 18.7 Å². The summed E-state index contributed by atoms with van der Waals surface area (Å²) < 4.78 is 13.3. The van der Waals surface area contributed by atoms with Crippen LogP contribution in [0.15, 0.2) is 53.7 Å². The van der Waals surface area contributed by atoms with Gasteiger partial charge < -0.3 is 20.9 Å². The van der Waals surface area contributed by atoms with Crippen LogP contribution in [0.4, 0.5) is 4.39 Å². The van der Waals surface area contributed by atoms with Crippen LogP contribution < -0.4 is 16.0 Å². The van der Waals surface area contributed by atoms with E-state index in [1.54, 1.807) is 26.2 Å². The number of aromatic nitrogens is 1. The second-order valence-corrected chi connectivity index (χ2v) is 6.71. The third kappa shape index (κ3) is 6.19. The van der Waals surface area contributed by atoms with Gasteiger partial charge in [-0.3, -0.25) is 9.79 Å². The molecular weight excluding hydrogens is 496 g/mol. The fourth-order valence-electron chi connectivity index (χ4n) is 3.24. The summed E-state index contributed by atoms with van der Waals surface area (Å²) in [4.78, 5) is 19.1. The Hall–Kier alpha value is -2.62. The molecule has 0 aliphatic carbocycles. The van der Waals surface area contributed by atoms with Gasteiger partial charge in [0.05, 0.1) is 0 Å². The first-order chi connectivity index (χ1) is 14.1. The Morgan fingerprint density at radius 1 is 1.10 bits per heavy atom. The maximum absolute atomic E-state index is 13.3. The van der Waals surface area contributed by atoms with Gasteiger partial charge >= 0.3 is 0 Å². The van der Waals surface area contributed by atoms with Gasteiger partial charge in [0, 0.05) is 49.8 Å². The predicted octanol–water partition coefficient (Wildman–Crippen LogP) is 3.23. The molecule has 160 valence electrons. The van der Waals surface area contributed by atoms with Crippen molar-refractivity contribution in [1.29, 1.82) is 0 Å². The lowest BCUT2D eigenvalue weighted by molar-refractivity contribution is 0.0963. The number of hydrogen-bond donors (Lipinski definition) is 4. The smallest absolute Gasteiger partial charge is 0.251 e. The van der Waals surface area contributed by atoms with E-state index in [9.17, 15) is 9.18 Å². The monoisotopic (exact) mass is 523 g/mol. The van der Waals surface area contributed by atoms with E-state index in [4.69, 9.17) is 0 Å². The number of rotatable bonds is 7. The second kappa shape index (κ2) is 11.5. The van der Waals surface area contributed by atoms with Crippen molar-refractivity contribution in [3.8, 4) is 0 Å². The minimum Gasteiger partial charge on any atom is -0.361 e. The van der Waals surface area contributed by atoms with Crippen LogP contribution in [0.2, 0.25) is 0 Å². The first-order valence-corrected chi connectivity index (χ1v) is 9.61. The first kappa shape index (κ1) is 23.7. The van der Waals surface area contributed by atoms with Crippen molar-refractivity contribution in [3.63, 3.8) is 0 Å². The molecule has 0 saturated carbocycles. The van der Waals surface area contributed by atoms with E-state index < -0.39 is 0 Å². The van der Waals surface area contributed by atoms with Gasteiger partial charge in [-0.05, 0) is 54.3 Å². The van der Waals surface area contributed by atoms with Crippen molar-refractivity contribution in [1.82, 2.24) is 20.9 Å². The summed E-state index contributed by atoms with van der Waals surface area (Å²) in [5, 5.41) is 10.3. The molecule has 0 radical (unpaired) electrons. The molecule has 0 unspecified atom stereocenters. The minimum atomic E-state index is -0.241. The highest BCUT2D eigenvalue weighted by Gasteiger charge is 2.06. The van der Waals surface area contributed by atoms with Gasteiger partial charge in [-0.1, -0.05) is 12.1 Å². The van der Waals surface area contributed by atoms with Gasteiger partial charge in [0.2, 0.25) is 0 Å². The van der Waals surface area contributed by atoms with Crippen LogP contribution in [0.3, 0.4) is 0 Å². The van der Waals surface area contributed by atoms with Crippen LogP contribution >= 0.6 is 24.0 Å². The summed E-state index contributed by atoms with van der Waals surface area (Å²) in [5.74, 6) is 0.394. The van der Waals surface area contributed by atoms with E-state index in [2.05, 4.69) is 25.9 Å². The number of fused-ring (bicyclic) bond motifs is 1. The molecule has 0 atom stereocenters. The topological polar surface area (TPSA) is 81.3 Å². The largest absolute Gasteiger partial charge is 0.361 e. The number of nitrogens with zero attached hydrogens (tertiary/aromatic N) is 1. The summed E-state index contributed by atoms with van der Waals surface area (Å²) >= 11 is 0. The van der Waals surface area contributed by atoms with Gasteiger partial charge in [0.25, 0.3) is 5.91 Å². The van der Waals surface area contributed by atoms with Gasteiger partial charge in [0.1, 0.15) is 5.82 Å².